The quantitative estimate of drug-likeness (QED) is 0.451. The van der Waals surface area contributed by atoms with E-state index in [1.54, 1.807) is 0 Å². The summed E-state index contributed by atoms with van der Waals surface area (Å²) in [5.41, 5.74) is 0. The van der Waals surface area contributed by atoms with E-state index in [0.717, 1.165) is 0 Å². The average Bonchev–Trinajstić information content (AvgIpc) is 1.83. The molecule has 0 aromatic heterocycles. The van der Waals surface area contributed by atoms with Crippen LogP contribution in [0.15, 0.2) is 0 Å². The molecule has 0 unspecified atom stereocenters. The Balaban J connectivity index is 2.86. The van der Waals surface area contributed by atoms with E-state index in [0.29, 0.717) is 12.8 Å². The van der Waals surface area contributed by atoms with Gasteiger partial charge < -0.3 is 15.3 Å². The fourth-order valence-corrected chi connectivity index (χ4v) is 0.418. The van der Waals surface area contributed by atoms with Crippen LogP contribution in [0.2, 0.25) is 0 Å². The van der Waals surface area contributed by atoms with E-state index in [4.69, 9.17) is 15.3 Å². The second-order valence-corrected chi connectivity index (χ2v) is 1.70. The summed E-state index contributed by atoms with van der Waals surface area (Å²) in [6.07, 6.45) is 0.386. The summed E-state index contributed by atoms with van der Waals surface area (Å²) in [5.74, 6) is 0. The van der Waals surface area contributed by atoms with E-state index in [1.165, 1.54) is 0 Å². The maximum atomic E-state index is 8.63. The molecule has 0 heterocycles. The predicted molar refractivity (Wildman–Crippen MR) is 29.4 cm³/mol. The van der Waals surface area contributed by atoms with Crippen LogP contribution < -0.4 is 0 Å². The lowest BCUT2D eigenvalue weighted by molar-refractivity contribution is 0.0817. The second-order valence-electron chi connectivity index (χ2n) is 1.70. The third-order valence-corrected chi connectivity index (χ3v) is 0.906. The molecule has 3 heteroatoms. The molecule has 0 aliphatic rings. The topological polar surface area (TPSA) is 60.7 Å². The number of rotatable bonds is 4. The van der Waals surface area contributed by atoms with Crippen LogP contribution in [-0.2, 0) is 0 Å². The molecule has 0 rings (SSSR count). The second kappa shape index (κ2) is 5.03. The molecule has 0 saturated carbocycles. The van der Waals surface area contributed by atoms with Gasteiger partial charge in [0.2, 0.25) is 0 Å². The molecule has 0 saturated heterocycles. The summed E-state index contributed by atoms with van der Waals surface area (Å²) in [6, 6.07) is 0. The Morgan fingerprint density at radius 3 is 2.25 bits per heavy atom. The lowest BCUT2D eigenvalue weighted by Gasteiger charge is -2.02. The monoisotopic (exact) mass is 120 g/mol. The lowest BCUT2D eigenvalue weighted by Crippen LogP contribution is -2.11. The van der Waals surface area contributed by atoms with Crippen molar-refractivity contribution in [1.29, 1.82) is 0 Å². The maximum absolute atomic E-state index is 8.63. The molecule has 0 aliphatic heterocycles. The summed E-state index contributed by atoms with van der Waals surface area (Å²) in [5, 5.41) is 25.1. The van der Waals surface area contributed by atoms with E-state index in [2.05, 4.69) is 0 Å². The van der Waals surface area contributed by atoms with Gasteiger partial charge in [0, 0.05) is 6.61 Å². The zero-order chi connectivity index (χ0) is 6.41. The van der Waals surface area contributed by atoms with Crippen molar-refractivity contribution in [2.75, 3.05) is 13.2 Å². The van der Waals surface area contributed by atoms with E-state index in [9.17, 15) is 0 Å². The zero-order valence-electron chi connectivity index (χ0n) is 4.75. The van der Waals surface area contributed by atoms with Crippen LogP contribution in [0.3, 0.4) is 0 Å². The third-order valence-electron chi connectivity index (χ3n) is 0.906. The number of hydrogen-bond donors (Lipinski definition) is 3. The van der Waals surface area contributed by atoms with Gasteiger partial charge in [0.05, 0.1) is 12.7 Å². The van der Waals surface area contributed by atoms with E-state index in [-0.39, 0.29) is 13.2 Å². The van der Waals surface area contributed by atoms with Gasteiger partial charge in [-0.15, -0.1) is 0 Å². The summed E-state index contributed by atoms with van der Waals surface area (Å²) in [4.78, 5) is 0. The fraction of sp³-hybridized carbons (Fsp3) is 1.00. The van der Waals surface area contributed by atoms with Crippen molar-refractivity contribution < 1.29 is 15.3 Å². The van der Waals surface area contributed by atoms with Crippen molar-refractivity contribution >= 4 is 0 Å². The van der Waals surface area contributed by atoms with Crippen LogP contribution in [0, 0.1) is 0 Å². The van der Waals surface area contributed by atoms with Crippen molar-refractivity contribution in [1.82, 2.24) is 0 Å². The molecule has 0 amide bonds. The van der Waals surface area contributed by atoms with Crippen molar-refractivity contribution in [3.63, 3.8) is 0 Å². The van der Waals surface area contributed by atoms with Gasteiger partial charge in [0.15, 0.2) is 0 Å². The molecule has 0 spiro atoms. The fourth-order valence-electron chi connectivity index (χ4n) is 0.418. The molecule has 50 valence electrons. The molecule has 0 radical (unpaired) electrons. The van der Waals surface area contributed by atoms with Crippen LogP contribution in [0.4, 0.5) is 0 Å². The molecule has 0 bridgehead atoms. The first-order chi connectivity index (χ1) is 3.81. The Morgan fingerprint density at radius 2 is 1.88 bits per heavy atom. The highest BCUT2D eigenvalue weighted by molar-refractivity contribution is 4.50. The van der Waals surface area contributed by atoms with Gasteiger partial charge in [-0.3, -0.25) is 0 Å². The highest BCUT2D eigenvalue weighted by Gasteiger charge is 1.98. The Hall–Kier alpha value is -0.120. The summed E-state index contributed by atoms with van der Waals surface area (Å²) in [6.45, 7) is -0.128. The van der Waals surface area contributed by atoms with Gasteiger partial charge in [-0.25, -0.2) is 0 Å². The Kier molecular flexibility index (Phi) is 4.95. The number of aliphatic hydroxyl groups excluding tert-OH is 3. The minimum atomic E-state index is -0.651. The zero-order valence-corrected chi connectivity index (χ0v) is 4.75. The predicted octanol–water partition coefficient (Wildman–Crippen LogP) is -0.888. The van der Waals surface area contributed by atoms with Crippen molar-refractivity contribution in [2.45, 2.75) is 18.9 Å². The molecule has 0 fully saturated rings. The molecule has 3 nitrogen and oxygen atoms in total. The Bertz CT molecular complexity index is 46.9. The number of hydrogen-bond acceptors (Lipinski definition) is 3. The van der Waals surface area contributed by atoms with E-state index in [1.807, 2.05) is 0 Å². The van der Waals surface area contributed by atoms with Crippen LogP contribution in [0.5, 0.6) is 0 Å². The molecule has 0 aliphatic carbocycles. The van der Waals surface area contributed by atoms with Gasteiger partial charge in [0.25, 0.3) is 0 Å². The summed E-state index contributed by atoms with van der Waals surface area (Å²) < 4.78 is 0. The summed E-state index contributed by atoms with van der Waals surface area (Å²) in [7, 11) is 0. The molecular formula is C5H12O3. The van der Waals surface area contributed by atoms with Crippen molar-refractivity contribution in [3.8, 4) is 0 Å². The highest BCUT2D eigenvalue weighted by atomic mass is 16.3. The smallest absolute Gasteiger partial charge is 0.0771 e. The molecule has 0 aromatic carbocycles. The van der Waals surface area contributed by atoms with Crippen molar-refractivity contribution in [2.24, 2.45) is 0 Å². The first kappa shape index (κ1) is 7.88. The Labute approximate surface area is 48.6 Å². The standard InChI is InChI=1S/C5H12O3/c6-3-1-2-5(8)4-7/h5-8H,1-4H2/t5-/m1/s1. The van der Waals surface area contributed by atoms with Crippen LogP contribution in [0.25, 0.3) is 0 Å². The molecule has 0 aromatic rings. The highest BCUT2D eigenvalue weighted by Crippen LogP contribution is 1.92. The molecule has 3 N–H and O–H groups in total. The summed E-state index contributed by atoms with van der Waals surface area (Å²) >= 11 is 0. The average molecular weight is 120 g/mol. The normalized spacial score (nSPS) is 13.9. The van der Waals surface area contributed by atoms with E-state index >= 15 is 0 Å². The minimum Gasteiger partial charge on any atom is -0.396 e. The van der Waals surface area contributed by atoms with Gasteiger partial charge in [-0.05, 0) is 12.8 Å². The van der Waals surface area contributed by atoms with Crippen LogP contribution in [0.1, 0.15) is 12.8 Å². The third kappa shape index (κ3) is 4.05. The van der Waals surface area contributed by atoms with E-state index < -0.39 is 6.10 Å². The van der Waals surface area contributed by atoms with Gasteiger partial charge in [-0.2, -0.15) is 0 Å². The molecule has 8 heavy (non-hydrogen) atoms. The molecule has 1 atom stereocenters. The first-order valence-electron chi connectivity index (χ1n) is 2.71. The largest absolute Gasteiger partial charge is 0.396 e. The molecular weight excluding hydrogens is 108 g/mol. The van der Waals surface area contributed by atoms with Gasteiger partial charge in [-0.1, -0.05) is 0 Å². The van der Waals surface area contributed by atoms with Crippen molar-refractivity contribution in [3.05, 3.63) is 0 Å². The van der Waals surface area contributed by atoms with Gasteiger partial charge >= 0.3 is 0 Å². The minimum absolute atomic E-state index is 0.0804. The maximum Gasteiger partial charge on any atom is 0.0771 e. The Morgan fingerprint density at radius 1 is 1.25 bits per heavy atom. The van der Waals surface area contributed by atoms with Gasteiger partial charge in [0.1, 0.15) is 0 Å². The van der Waals surface area contributed by atoms with Crippen LogP contribution in [-0.4, -0.2) is 34.6 Å². The number of aliphatic hydroxyl groups is 3. The lowest BCUT2D eigenvalue weighted by atomic mass is 10.2. The SMILES string of the molecule is OCCC[C@@H](O)CO. The van der Waals surface area contributed by atoms with Crippen LogP contribution >= 0.6 is 0 Å². The first-order valence-corrected chi connectivity index (χ1v) is 2.71.